The predicted octanol–water partition coefficient (Wildman–Crippen LogP) is 3.27. The van der Waals surface area contributed by atoms with Gasteiger partial charge in [0.15, 0.2) is 5.96 Å². The maximum Gasteiger partial charge on any atom is 0.253 e. The van der Waals surface area contributed by atoms with E-state index >= 15 is 0 Å². The predicted molar refractivity (Wildman–Crippen MR) is 120 cm³/mol. The zero-order chi connectivity index (χ0) is 18.9. The minimum Gasteiger partial charge on any atom is -0.467 e. The minimum atomic E-state index is -0.335. The molecule has 2 aromatic rings. The summed E-state index contributed by atoms with van der Waals surface area (Å²) in [4.78, 5) is 16.8. The molecule has 1 atom stereocenters. The van der Waals surface area contributed by atoms with Crippen molar-refractivity contribution in [3.63, 3.8) is 0 Å². The van der Waals surface area contributed by atoms with Crippen LogP contribution < -0.4 is 16.0 Å². The van der Waals surface area contributed by atoms with Crippen LogP contribution in [0.1, 0.15) is 31.1 Å². The molecule has 1 fully saturated rings. The Balaban J connectivity index is 0.00000280. The molecular formula is C20H27IN4O3. The fourth-order valence-corrected chi connectivity index (χ4v) is 2.85. The van der Waals surface area contributed by atoms with Crippen LogP contribution in [0.3, 0.4) is 0 Å². The van der Waals surface area contributed by atoms with Crippen LogP contribution in [0, 0.1) is 0 Å². The van der Waals surface area contributed by atoms with Crippen molar-refractivity contribution in [2.45, 2.75) is 39.0 Å². The zero-order valence-corrected chi connectivity index (χ0v) is 18.3. The number of carbonyl (C=O) groups is 1. The molecule has 8 heteroatoms. The van der Waals surface area contributed by atoms with Crippen LogP contribution in [-0.4, -0.2) is 31.1 Å². The van der Waals surface area contributed by atoms with Gasteiger partial charge in [-0.05, 0) is 49.6 Å². The first-order chi connectivity index (χ1) is 13.2. The second kappa shape index (κ2) is 11.7. The van der Waals surface area contributed by atoms with Gasteiger partial charge in [0.2, 0.25) is 0 Å². The Morgan fingerprint density at radius 3 is 2.86 bits per heavy atom. The number of halogens is 1. The van der Waals surface area contributed by atoms with E-state index in [1.54, 1.807) is 6.26 Å². The molecule has 1 unspecified atom stereocenters. The van der Waals surface area contributed by atoms with E-state index in [-0.39, 0.29) is 36.0 Å². The van der Waals surface area contributed by atoms with Gasteiger partial charge in [0.25, 0.3) is 5.91 Å². The molecule has 1 amide bonds. The lowest BCUT2D eigenvalue weighted by Gasteiger charge is -2.12. The monoisotopic (exact) mass is 498 g/mol. The van der Waals surface area contributed by atoms with Crippen molar-refractivity contribution < 1.29 is 13.9 Å². The second-order valence-corrected chi connectivity index (χ2v) is 6.32. The van der Waals surface area contributed by atoms with E-state index in [1.807, 2.05) is 43.3 Å². The smallest absolute Gasteiger partial charge is 0.253 e. The third-order valence-corrected chi connectivity index (χ3v) is 4.19. The molecule has 28 heavy (non-hydrogen) atoms. The van der Waals surface area contributed by atoms with Crippen molar-refractivity contribution in [3.05, 3.63) is 54.0 Å². The van der Waals surface area contributed by atoms with E-state index in [9.17, 15) is 4.79 Å². The highest BCUT2D eigenvalue weighted by Gasteiger charge is 2.23. The van der Waals surface area contributed by atoms with Crippen molar-refractivity contribution >= 4 is 41.5 Å². The molecule has 152 valence electrons. The standard InChI is InChI=1S/C20H26N4O3.HI/c1-2-21-20(23-14-17-8-4-10-26-17)22-13-15-6-3-7-16(12-15)24-19(25)18-9-5-11-27-18;/h3-4,6-8,10,12,18H,2,5,9,11,13-14H2,1H3,(H,24,25)(H2,21,22,23);1H. The number of furan rings is 1. The molecule has 1 aromatic heterocycles. The van der Waals surface area contributed by atoms with E-state index < -0.39 is 0 Å². The number of nitrogens with one attached hydrogen (secondary N) is 3. The van der Waals surface area contributed by atoms with Crippen molar-refractivity contribution in [1.29, 1.82) is 0 Å². The van der Waals surface area contributed by atoms with Crippen LogP contribution in [0.2, 0.25) is 0 Å². The number of amides is 1. The SMILES string of the molecule is CCNC(=NCc1cccc(NC(=O)C2CCCO2)c1)NCc1ccco1.I. The quantitative estimate of drug-likeness (QED) is 0.310. The Morgan fingerprint density at radius 2 is 2.14 bits per heavy atom. The van der Waals surface area contributed by atoms with E-state index in [0.29, 0.717) is 25.7 Å². The molecule has 1 aromatic carbocycles. The highest BCUT2D eigenvalue weighted by atomic mass is 127. The third kappa shape index (κ3) is 6.83. The van der Waals surface area contributed by atoms with Gasteiger partial charge in [-0.3, -0.25) is 4.79 Å². The fraction of sp³-hybridized carbons (Fsp3) is 0.400. The summed E-state index contributed by atoms with van der Waals surface area (Å²) < 4.78 is 10.7. The van der Waals surface area contributed by atoms with Gasteiger partial charge in [-0.1, -0.05) is 12.1 Å². The van der Waals surface area contributed by atoms with Crippen LogP contribution in [0.5, 0.6) is 0 Å². The first kappa shape index (κ1) is 22.2. The second-order valence-electron chi connectivity index (χ2n) is 6.32. The topological polar surface area (TPSA) is 87.9 Å². The summed E-state index contributed by atoms with van der Waals surface area (Å²) >= 11 is 0. The molecule has 3 N–H and O–H groups in total. The largest absolute Gasteiger partial charge is 0.467 e. The molecule has 2 heterocycles. The van der Waals surface area contributed by atoms with E-state index in [4.69, 9.17) is 9.15 Å². The summed E-state index contributed by atoms with van der Waals surface area (Å²) in [6.45, 7) is 4.51. The number of guanidine groups is 1. The van der Waals surface area contributed by atoms with Crippen LogP contribution in [0.15, 0.2) is 52.1 Å². The van der Waals surface area contributed by atoms with Crippen molar-refractivity contribution in [3.8, 4) is 0 Å². The molecule has 1 aliphatic heterocycles. The van der Waals surface area contributed by atoms with Crippen molar-refractivity contribution in [2.75, 3.05) is 18.5 Å². The van der Waals surface area contributed by atoms with Crippen LogP contribution in [0.25, 0.3) is 0 Å². The summed E-state index contributed by atoms with van der Waals surface area (Å²) in [5.74, 6) is 1.48. The molecule has 3 rings (SSSR count). The number of aliphatic imine (C=N–C) groups is 1. The number of hydrogen-bond donors (Lipinski definition) is 3. The summed E-state index contributed by atoms with van der Waals surface area (Å²) in [5, 5.41) is 9.37. The minimum absolute atomic E-state index is 0. The molecule has 0 saturated carbocycles. The molecule has 1 saturated heterocycles. The molecule has 0 radical (unpaired) electrons. The van der Waals surface area contributed by atoms with Gasteiger partial charge in [0, 0.05) is 18.8 Å². The molecular weight excluding hydrogens is 471 g/mol. The lowest BCUT2D eigenvalue weighted by Crippen LogP contribution is -2.36. The van der Waals surface area contributed by atoms with Crippen molar-refractivity contribution in [1.82, 2.24) is 10.6 Å². The number of nitrogens with zero attached hydrogens (tertiary/aromatic N) is 1. The van der Waals surface area contributed by atoms with Gasteiger partial charge in [-0.15, -0.1) is 24.0 Å². The van der Waals surface area contributed by atoms with Crippen LogP contribution >= 0.6 is 24.0 Å². The molecule has 1 aliphatic rings. The zero-order valence-electron chi connectivity index (χ0n) is 15.9. The average molecular weight is 498 g/mol. The van der Waals surface area contributed by atoms with Gasteiger partial charge in [0.05, 0.1) is 19.4 Å². The summed E-state index contributed by atoms with van der Waals surface area (Å²) in [6, 6.07) is 11.5. The number of ether oxygens (including phenoxy) is 1. The maximum absolute atomic E-state index is 12.2. The summed E-state index contributed by atoms with van der Waals surface area (Å²) in [5.41, 5.74) is 1.77. The van der Waals surface area contributed by atoms with E-state index in [0.717, 1.165) is 36.4 Å². The Hall–Kier alpha value is -2.07. The van der Waals surface area contributed by atoms with Crippen LogP contribution in [0.4, 0.5) is 5.69 Å². The summed E-state index contributed by atoms with van der Waals surface area (Å²) in [6.07, 6.45) is 3.03. The van der Waals surface area contributed by atoms with Gasteiger partial charge < -0.3 is 25.1 Å². The molecule has 0 aliphatic carbocycles. The molecule has 0 bridgehead atoms. The Kier molecular flexibility index (Phi) is 9.29. The van der Waals surface area contributed by atoms with Crippen LogP contribution in [-0.2, 0) is 22.6 Å². The molecule has 7 nitrogen and oxygen atoms in total. The van der Waals surface area contributed by atoms with E-state index in [2.05, 4.69) is 20.9 Å². The first-order valence-electron chi connectivity index (χ1n) is 9.30. The maximum atomic E-state index is 12.2. The first-order valence-corrected chi connectivity index (χ1v) is 9.30. The van der Waals surface area contributed by atoms with Gasteiger partial charge in [-0.25, -0.2) is 4.99 Å². The number of anilines is 1. The lowest BCUT2D eigenvalue weighted by atomic mass is 10.2. The van der Waals surface area contributed by atoms with Gasteiger partial charge in [-0.2, -0.15) is 0 Å². The van der Waals surface area contributed by atoms with Crippen molar-refractivity contribution in [2.24, 2.45) is 4.99 Å². The normalized spacial score (nSPS) is 16.3. The Morgan fingerprint density at radius 1 is 1.25 bits per heavy atom. The average Bonchev–Trinajstić information content (AvgIpc) is 3.38. The Labute approximate surface area is 182 Å². The number of hydrogen-bond acceptors (Lipinski definition) is 4. The molecule has 0 spiro atoms. The highest BCUT2D eigenvalue weighted by Crippen LogP contribution is 2.16. The Bertz CT molecular complexity index is 759. The highest BCUT2D eigenvalue weighted by molar-refractivity contribution is 14.0. The van der Waals surface area contributed by atoms with E-state index in [1.165, 1.54) is 0 Å². The number of benzene rings is 1. The fourth-order valence-electron chi connectivity index (χ4n) is 2.85. The lowest BCUT2D eigenvalue weighted by molar-refractivity contribution is -0.124. The number of rotatable bonds is 7. The summed E-state index contributed by atoms with van der Waals surface area (Å²) in [7, 11) is 0. The van der Waals surface area contributed by atoms with Gasteiger partial charge in [0.1, 0.15) is 11.9 Å². The van der Waals surface area contributed by atoms with Gasteiger partial charge >= 0.3 is 0 Å². The third-order valence-electron chi connectivity index (χ3n) is 4.19. The number of carbonyl (C=O) groups excluding carboxylic acids is 1.